The maximum Gasteiger partial charge on any atom is 0.0755 e. The lowest BCUT2D eigenvalue weighted by Crippen LogP contribution is -2.33. The second kappa shape index (κ2) is 17.2. The molecule has 4 aliphatic rings. The molecule has 2 spiro atoms. The molecule has 402 valence electrons. The largest absolute Gasteiger partial charge is 0.310 e. The summed E-state index contributed by atoms with van der Waals surface area (Å²) in [5, 5.41) is 7.58. The van der Waals surface area contributed by atoms with Crippen molar-refractivity contribution in [3.63, 3.8) is 0 Å². The highest BCUT2D eigenvalue weighted by Crippen LogP contribution is 2.66. The van der Waals surface area contributed by atoms with E-state index in [0.29, 0.717) is 0 Å². The van der Waals surface area contributed by atoms with E-state index in [1.165, 1.54) is 144 Å². The van der Waals surface area contributed by atoms with Gasteiger partial charge in [0.2, 0.25) is 0 Å². The average molecular weight is 1100 g/mol. The molecule has 3 heteroatoms. The standard InChI is InChI=1S/C84H51N3/c1-2-21-55(22-3-1)86-75-36-15-9-25-61(75)63-47-42-54(50-79(63)86)52-40-44-56(45-41-52)85(57-46-48-60-59-24-6-11-30-67(59)83(74(60)51-57)68-31-12-7-27-65(68)80-58-23-5-4-20-53(58)43-49-72(80)83)78-39-19-34-71-81(78)66-28-8-13-32-69(66)84(71)70-33-14-17-38-77(70)87-76-37-16-10-26-62(76)64-29-18-35-73(84)82(64)87/h1-51H. The molecule has 3 aliphatic carbocycles. The first-order chi connectivity index (χ1) is 43.2. The van der Waals surface area contributed by atoms with Crippen LogP contribution >= 0.6 is 0 Å². The molecule has 0 N–H and O–H groups in total. The van der Waals surface area contributed by atoms with Crippen LogP contribution < -0.4 is 4.90 Å². The number of nitrogens with zero attached hydrogens (tertiary/aromatic N) is 3. The number of aromatic nitrogens is 2. The Morgan fingerprint density at radius 2 is 0.793 bits per heavy atom. The highest BCUT2D eigenvalue weighted by atomic mass is 15.1. The lowest BCUT2D eigenvalue weighted by atomic mass is 9.65. The predicted molar refractivity (Wildman–Crippen MR) is 360 cm³/mol. The van der Waals surface area contributed by atoms with Gasteiger partial charge in [0.15, 0.2) is 0 Å². The molecule has 16 aromatic rings. The molecule has 20 rings (SSSR count). The summed E-state index contributed by atoms with van der Waals surface area (Å²) in [6.45, 7) is 0. The van der Waals surface area contributed by atoms with Crippen molar-refractivity contribution < 1.29 is 0 Å². The van der Waals surface area contributed by atoms with E-state index in [1.807, 2.05) is 0 Å². The van der Waals surface area contributed by atoms with Crippen LogP contribution in [0.3, 0.4) is 0 Å². The second-order valence-electron chi connectivity index (χ2n) is 24.1. The minimum absolute atomic E-state index is 0.563. The Labute approximate surface area is 503 Å². The molecule has 0 saturated heterocycles. The highest BCUT2D eigenvalue weighted by Gasteiger charge is 2.54. The van der Waals surface area contributed by atoms with Crippen LogP contribution in [-0.4, -0.2) is 9.13 Å². The van der Waals surface area contributed by atoms with Crippen molar-refractivity contribution in [3.05, 3.63) is 354 Å². The van der Waals surface area contributed by atoms with Gasteiger partial charge in [-0.1, -0.05) is 243 Å². The molecule has 0 amide bonds. The average Bonchev–Trinajstić information content (AvgIpc) is 1.71. The molecule has 1 aliphatic heterocycles. The van der Waals surface area contributed by atoms with Crippen LogP contribution in [0.1, 0.15) is 44.5 Å². The quantitative estimate of drug-likeness (QED) is 0.167. The summed E-state index contributed by atoms with van der Waals surface area (Å²) in [5.74, 6) is 0. The van der Waals surface area contributed by atoms with E-state index in [9.17, 15) is 0 Å². The van der Waals surface area contributed by atoms with Crippen LogP contribution in [0, 0.1) is 0 Å². The molecule has 14 aromatic carbocycles. The summed E-state index contributed by atoms with van der Waals surface area (Å²) < 4.78 is 4.95. The van der Waals surface area contributed by atoms with Crippen LogP contribution in [0.15, 0.2) is 309 Å². The van der Waals surface area contributed by atoms with Gasteiger partial charge in [0.1, 0.15) is 0 Å². The smallest absolute Gasteiger partial charge is 0.0755 e. The van der Waals surface area contributed by atoms with Crippen LogP contribution in [0.25, 0.3) is 110 Å². The van der Waals surface area contributed by atoms with E-state index in [-0.39, 0.29) is 0 Å². The number of para-hydroxylation sites is 5. The van der Waals surface area contributed by atoms with Gasteiger partial charge >= 0.3 is 0 Å². The van der Waals surface area contributed by atoms with Crippen molar-refractivity contribution in [2.75, 3.05) is 4.90 Å². The van der Waals surface area contributed by atoms with Gasteiger partial charge in [-0.25, -0.2) is 0 Å². The van der Waals surface area contributed by atoms with Crippen molar-refractivity contribution in [2.24, 2.45) is 0 Å². The van der Waals surface area contributed by atoms with Crippen LogP contribution in [0.2, 0.25) is 0 Å². The number of hydrogen-bond acceptors (Lipinski definition) is 1. The fourth-order valence-corrected chi connectivity index (χ4v) is 17.0. The lowest BCUT2D eigenvalue weighted by molar-refractivity contribution is 0.748. The first-order valence-corrected chi connectivity index (χ1v) is 30.4. The highest BCUT2D eigenvalue weighted by molar-refractivity contribution is 6.14. The Morgan fingerprint density at radius 3 is 1.59 bits per heavy atom. The number of fused-ring (bicyclic) bond motifs is 27. The van der Waals surface area contributed by atoms with Crippen LogP contribution in [0.5, 0.6) is 0 Å². The molecule has 2 aromatic heterocycles. The zero-order chi connectivity index (χ0) is 56.7. The van der Waals surface area contributed by atoms with Crippen molar-refractivity contribution in [2.45, 2.75) is 10.8 Å². The topological polar surface area (TPSA) is 13.1 Å². The van der Waals surface area contributed by atoms with Crippen molar-refractivity contribution in [1.82, 2.24) is 9.13 Å². The second-order valence-corrected chi connectivity index (χ2v) is 24.1. The van der Waals surface area contributed by atoms with Gasteiger partial charge in [-0.3, -0.25) is 0 Å². The Hall–Kier alpha value is -11.3. The molecular formula is C84H51N3. The summed E-state index contributed by atoms with van der Waals surface area (Å²) >= 11 is 0. The SMILES string of the molecule is c1ccc(-n2c3ccccc3c3ccc(-c4ccc(N(c5ccc6c(c5)C5(c7ccccc7-6)c6ccccc6-c6c5ccc5ccccc65)c5cccc6c5-c5ccccc5C65c6ccccc6-n6c7ccccc7c7cccc5c76)cc4)cc32)cc1. The fourth-order valence-electron chi connectivity index (χ4n) is 17.0. The summed E-state index contributed by atoms with van der Waals surface area (Å²) in [6.07, 6.45) is 0. The Morgan fingerprint density at radius 1 is 0.264 bits per heavy atom. The Kier molecular flexibility index (Phi) is 9.32. The van der Waals surface area contributed by atoms with Gasteiger partial charge in [0.05, 0.1) is 44.3 Å². The zero-order valence-corrected chi connectivity index (χ0v) is 47.3. The molecule has 2 atom stereocenters. The third-order valence-corrected chi connectivity index (χ3v) is 20.3. The molecule has 0 bridgehead atoms. The lowest BCUT2D eigenvalue weighted by Gasteiger charge is -2.39. The first kappa shape index (κ1) is 47.1. The maximum absolute atomic E-state index is 2.58. The normalized spacial score (nSPS) is 16.1. The van der Waals surface area contributed by atoms with E-state index < -0.39 is 10.8 Å². The van der Waals surface area contributed by atoms with Crippen molar-refractivity contribution in [3.8, 4) is 55.9 Å². The van der Waals surface area contributed by atoms with Crippen molar-refractivity contribution >= 4 is 71.4 Å². The minimum Gasteiger partial charge on any atom is -0.310 e. The predicted octanol–water partition coefficient (Wildman–Crippen LogP) is 21.2. The van der Waals surface area contributed by atoms with E-state index in [4.69, 9.17) is 0 Å². The van der Waals surface area contributed by atoms with E-state index in [1.54, 1.807) is 0 Å². The Balaban J connectivity index is 0.849. The number of rotatable bonds is 5. The molecule has 0 saturated carbocycles. The molecule has 3 heterocycles. The third kappa shape index (κ3) is 5.91. The molecule has 0 radical (unpaired) electrons. The van der Waals surface area contributed by atoms with Crippen LogP contribution in [-0.2, 0) is 10.8 Å². The van der Waals surface area contributed by atoms with Gasteiger partial charge in [-0.2, -0.15) is 0 Å². The van der Waals surface area contributed by atoms with Crippen LogP contribution in [0.4, 0.5) is 17.1 Å². The molecule has 0 fully saturated rings. The summed E-state index contributed by atoms with van der Waals surface area (Å²) in [5.41, 5.74) is 29.9. The van der Waals surface area contributed by atoms with Gasteiger partial charge < -0.3 is 14.0 Å². The Bertz CT molecular complexity index is 5660. The van der Waals surface area contributed by atoms with Crippen molar-refractivity contribution in [1.29, 1.82) is 0 Å². The fraction of sp³-hybridized carbons (Fsp3) is 0.0238. The number of anilines is 3. The molecule has 2 unspecified atom stereocenters. The van der Waals surface area contributed by atoms with Gasteiger partial charge in [0.25, 0.3) is 0 Å². The zero-order valence-electron chi connectivity index (χ0n) is 47.3. The number of hydrogen-bond donors (Lipinski definition) is 0. The first-order valence-electron chi connectivity index (χ1n) is 30.4. The maximum atomic E-state index is 2.58. The molecular weight excluding hydrogens is 1050 g/mol. The van der Waals surface area contributed by atoms with Gasteiger partial charge in [-0.05, 0) is 161 Å². The summed E-state index contributed by atoms with van der Waals surface area (Å²) in [4.78, 5) is 2.58. The molecule has 87 heavy (non-hydrogen) atoms. The summed E-state index contributed by atoms with van der Waals surface area (Å²) in [6, 6.07) is 117. The summed E-state index contributed by atoms with van der Waals surface area (Å²) in [7, 11) is 0. The third-order valence-electron chi connectivity index (χ3n) is 20.3. The van der Waals surface area contributed by atoms with Gasteiger partial charge in [-0.15, -0.1) is 0 Å². The minimum atomic E-state index is -0.623. The van der Waals surface area contributed by atoms with Gasteiger partial charge in [0, 0.05) is 44.2 Å². The number of benzene rings is 14. The monoisotopic (exact) mass is 1100 g/mol. The molecule has 3 nitrogen and oxygen atoms in total. The van der Waals surface area contributed by atoms with E-state index >= 15 is 0 Å². The van der Waals surface area contributed by atoms with E-state index in [2.05, 4.69) is 323 Å². The van der Waals surface area contributed by atoms with E-state index in [0.717, 1.165) is 28.3 Å².